The van der Waals surface area contributed by atoms with Crippen molar-refractivity contribution in [3.05, 3.63) is 78.5 Å². The van der Waals surface area contributed by atoms with Gasteiger partial charge in [-0.2, -0.15) is 4.72 Å². The minimum absolute atomic E-state index is 0.132. The Kier molecular flexibility index (Phi) is 5.96. The summed E-state index contributed by atoms with van der Waals surface area (Å²) in [5.41, 5.74) is 2.62. The Hall–Kier alpha value is -2.90. The number of H-pyrrole nitrogens is 1. The van der Waals surface area contributed by atoms with Crippen LogP contribution in [0.1, 0.15) is 11.1 Å². The molecule has 0 aliphatic rings. The molecule has 0 aliphatic heterocycles. The highest BCUT2D eigenvalue weighted by molar-refractivity contribution is 7.89. The first-order valence-corrected chi connectivity index (χ1v) is 10.4. The Morgan fingerprint density at radius 1 is 1.21 bits per heavy atom. The van der Waals surface area contributed by atoms with Crippen molar-refractivity contribution in [3.63, 3.8) is 0 Å². The number of carbonyl (C=O) groups is 1. The van der Waals surface area contributed by atoms with Gasteiger partial charge in [0.25, 0.3) is 0 Å². The number of carbonyl (C=O) groups excluding carboxylic acids is 1. The number of fused-ring (bicyclic) bond motifs is 1. The lowest BCUT2D eigenvalue weighted by Crippen LogP contribution is -2.48. The SMILES string of the molecule is C=CCNC(=O)C(Cc1c[nH]c2ccccc12)NS(=O)(=O)c1cccc(C)c1. The van der Waals surface area contributed by atoms with Crippen LogP contribution in [0.2, 0.25) is 0 Å². The minimum Gasteiger partial charge on any atom is -0.361 e. The highest BCUT2D eigenvalue weighted by Gasteiger charge is 2.26. The summed E-state index contributed by atoms with van der Waals surface area (Å²) in [5, 5.41) is 3.64. The molecule has 0 spiro atoms. The molecule has 0 bridgehead atoms. The van der Waals surface area contributed by atoms with Crippen LogP contribution in [0, 0.1) is 6.92 Å². The molecule has 1 amide bonds. The quantitative estimate of drug-likeness (QED) is 0.511. The molecule has 2 aromatic carbocycles. The van der Waals surface area contributed by atoms with Gasteiger partial charge < -0.3 is 10.3 Å². The predicted octanol–water partition coefficient (Wildman–Crippen LogP) is 2.67. The first kappa shape index (κ1) is 19.9. The lowest BCUT2D eigenvalue weighted by Gasteiger charge is -2.18. The lowest BCUT2D eigenvalue weighted by molar-refractivity contribution is -0.122. The normalized spacial score (nSPS) is 12.6. The zero-order valence-corrected chi connectivity index (χ0v) is 16.4. The van der Waals surface area contributed by atoms with Gasteiger partial charge in [-0.15, -0.1) is 6.58 Å². The van der Waals surface area contributed by atoms with Crippen molar-refractivity contribution in [2.24, 2.45) is 0 Å². The molecule has 1 heterocycles. The minimum atomic E-state index is -3.86. The van der Waals surface area contributed by atoms with Crippen molar-refractivity contribution < 1.29 is 13.2 Å². The molecule has 0 radical (unpaired) electrons. The van der Waals surface area contributed by atoms with Crippen molar-refractivity contribution in [2.45, 2.75) is 24.3 Å². The maximum absolute atomic E-state index is 12.8. The van der Waals surface area contributed by atoms with E-state index in [1.165, 1.54) is 6.07 Å². The second-order valence-electron chi connectivity index (χ2n) is 6.59. The number of sulfonamides is 1. The van der Waals surface area contributed by atoms with E-state index in [9.17, 15) is 13.2 Å². The number of aromatic nitrogens is 1. The second-order valence-corrected chi connectivity index (χ2v) is 8.30. The van der Waals surface area contributed by atoms with Gasteiger partial charge in [-0.25, -0.2) is 8.42 Å². The van der Waals surface area contributed by atoms with Crippen molar-refractivity contribution in [3.8, 4) is 0 Å². The summed E-state index contributed by atoms with van der Waals surface area (Å²) in [6, 6.07) is 13.3. The van der Waals surface area contributed by atoms with Gasteiger partial charge in [-0.05, 0) is 42.7 Å². The van der Waals surface area contributed by atoms with Gasteiger partial charge >= 0.3 is 0 Å². The van der Waals surface area contributed by atoms with Gasteiger partial charge in [0.15, 0.2) is 0 Å². The summed E-state index contributed by atoms with van der Waals surface area (Å²) in [6.07, 6.45) is 3.58. The average Bonchev–Trinajstić information content (AvgIpc) is 3.08. The third kappa shape index (κ3) is 4.49. The molecule has 0 saturated heterocycles. The second kappa shape index (κ2) is 8.41. The maximum atomic E-state index is 12.8. The number of nitrogens with one attached hydrogen (secondary N) is 3. The largest absolute Gasteiger partial charge is 0.361 e. The molecule has 0 saturated carbocycles. The summed E-state index contributed by atoms with van der Waals surface area (Å²) < 4.78 is 28.3. The summed E-state index contributed by atoms with van der Waals surface area (Å²) in [5.74, 6) is -0.401. The molecular formula is C21H23N3O3S. The van der Waals surface area contributed by atoms with Crippen LogP contribution in [0.25, 0.3) is 10.9 Å². The standard InChI is InChI=1S/C21H23N3O3S/c1-3-11-22-21(25)20(13-16-14-23-19-10-5-4-9-18(16)19)24-28(26,27)17-8-6-7-15(2)12-17/h3-10,12,14,20,23-24H,1,11,13H2,2H3,(H,22,25). The van der Waals surface area contributed by atoms with Gasteiger partial charge in [0.05, 0.1) is 4.90 Å². The van der Waals surface area contributed by atoms with Gasteiger partial charge in [0, 0.05) is 23.6 Å². The lowest BCUT2D eigenvalue weighted by atomic mass is 10.1. The highest BCUT2D eigenvalue weighted by Crippen LogP contribution is 2.20. The molecule has 28 heavy (non-hydrogen) atoms. The highest BCUT2D eigenvalue weighted by atomic mass is 32.2. The van der Waals surface area contributed by atoms with Crippen LogP contribution in [0.15, 0.2) is 72.3 Å². The van der Waals surface area contributed by atoms with Crippen LogP contribution < -0.4 is 10.0 Å². The Morgan fingerprint density at radius 3 is 2.75 bits per heavy atom. The molecule has 7 heteroatoms. The van der Waals surface area contributed by atoms with Crippen molar-refractivity contribution in [1.82, 2.24) is 15.0 Å². The van der Waals surface area contributed by atoms with Gasteiger partial charge in [0.1, 0.15) is 6.04 Å². The van der Waals surface area contributed by atoms with Crippen LogP contribution in [0.5, 0.6) is 0 Å². The van der Waals surface area contributed by atoms with E-state index < -0.39 is 22.0 Å². The van der Waals surface area contributed by atoms with E-state index in [4.69, 9.17) is 0 Å². The predicted molar refractivity (Wildman–Crippen MR) is 110 cm³/mol. The Morgan fingerprint density at radius 2 is 2.00 bits per heavy atom. The third-order valence-corrected chi connectivity index (χ3v) is 5.90. The fourth-order valence-electron chi connectivity index (χ4n) is 3.04. The fourth-order valence-corrected chi connectivity index (χ4v) is 4.34. The molecule has 1 atom stereocenters. The first-order valence-electron chi connectivity index (χ1n) is 8.93. The van der Waals surface area contributed by atoms with Crippen molar-refractivity contribution in [2.75, 3.05) is 6.54 Å². The van der Waals surface area contributed by atoms with Crippen LogP contribution in [-0.4, -0.2) is 31.9 Å². The van der Waals surface area contributed by atoms with Gasteiger partial charge in [-0.3, -0.25) is 4.79 Å². The molecule has 146 valence electrons. The van der Waals surface area contributed by atoms with E-state index >= 15 is 0 Å². The van der Waals surface area contributed by atoms with E-state index in [2.05, 4.69) is 21.6 Å². The smallest absolute Gasteiger partial charge is 0.241 e. The zero-order chi connectivity index (χ0) is 20.1. The van der Waals surface area contributed by atoms with E-state index in [-0.39, 0.29) is 17.9 Å². The number of aryl methyl sites for hydroxylation is 1. The zero-order valence-electron chi connectivity index (χ0n) is 15.6. The van der Waals surface area contributed by atoms with Crippen molar-refractivity contribution >= 4 is 26.8 Å². The van der Waals surface area contributed by atoms with Gasteiger partial charge in [-0.1, -0.05) is 36.4 Å². The molecule has 6 nitrogen and oxygen atoms in total. The summed E-state index contributed by atoms with van der Waals surface area (Å²) in [7, 11) is -3.86. The number of amides is 1. The fraction of sp³-hybridized carbons (Fsp3) is 0.190. The topological polar surface area (TPSA) is 91.1 Å². The Balaban J connectivity index is 1.90. The third-order valence-electron chi connectivity index (χ3n) is 4.43. The molecular weight excluding hydrogens is 374 g/mol. The number of benzene rings is 2. The average molecular weight is 398 g/mol. The molecule has 1 aromatic heterocycles. The van der Waals surface area contributed by atoms with E-state index in [1.807, 2.05) is 37.3 Å². The molecule has 0 fully saturated rings. The molecule has 3 rings (SSSR count). The van der Waals surface area contributed by atoms with Crippen LogP contribution in [0.3, 0.4) is 0 Å². The van der Waals surface area contributed by atoms with E-state index in [0.29, 0.717) is 0 Å². The van der Waals surface area contributed by atoms with Crippen LogP contribution in [0.4, 0.5) is 0 Å². The number of aromatic amines is 1. The molecule has 3 aromatic rings. The Labute approximate surface area is 164 Å². The summed E-state index contributed by atoms with van der Waals surface area (Å²) >= 11 is 0. The van der Waals surface area contributed by atoms with Crippen LogP contribution >= 0.6 is 0 Å². The van der Waals surface area contributed by atoms with E-state index in [1.54, 1.807) is 24.4 Å². The summed E-state index contributed by atoms with van der Waals surface area (Å²) in [6.45, 7) is 5.66. The summed E-state index contributed by atoms with van der Waals surface area (Å²) in [4.78, 5) is 15.9. The maximum Gasteiger partial charge on any atom is 0.241 e. The number of hydrogen-bond acceptors (Lipinski definition) is 3. The molecule has 3 N–H and O–H groups in total. The number of para-hydroxylation sites is 1. The number of rotatable bonds is 8. The monoisotopic (exact) mass is 397 g/mol. The first-order chi connectivity index (χ1) is 13.4. The molecule has 0 aliphatic carbocycles. The van der Waals surface area contributed by atoms with Crippen LogP contribution in [-0.2, 0) is 21.2 Å². The van der Waals surface area contributed by atoms with E-state index in [0.717, 1.165) is 22.0 Å². The Bertz CT molecular complexity index is 1100. The number of hydrogen-bond donors (Lipinski definition) is 3. The van der Waals surface area contributed by atoms with Crippen molar-refractivity contribution in [1.29, 1.82) is 0 Å². The molecule has 1 unspecified atom stereocenters. The van der Waals surface area contributed by atoms with Gasteiger partial charge in [0.2, 0.25) is 15.9 Å².